The fourth-order valence-electron chi connectivity index (χ4n) is 1.80. The highest BCUT2D eigenvalue weighted by Gasteiger charge is 2.42. The van der Waals surface area contributed by atoms with Crippen LogP contribution < -0.4 is 5.73 Å². The van der Waals surface area contributed by atoms with E-state index in [-0.39, 0.29) is 25.0 Å². The summed E-state index contributed by atoms with van der Waals surface area (Å²) in [5.74, 6) is -1.05. The molecule has 1 rings (SSSR count). The summed E-state index contributed by atoms with van der Waals surface area (Å²) in [6.45, 7) is 4.19. The largest absolute Gasteiger partial charge is 0.393 e. The van der Waals surface area contributed by atoms with Gasteiger partial charge in [0.05, 0.1) is 5.92 Å². The summed E-state index contributed by atoms with van der Waals surface area (Å²) < 4.78 is 37.6. The summed E-state index contributed by atoms with van der Waals surface area (Å²) in [5, 5.41) is 0. The molecule has 1 heterocycles. The topological polar surface area (TPSA) is 41.6 Å². The summed E-state index contributed by atoms with van der Waals surface area (Å²) in [4.78, 5) is 5.60. The summed E-state index contributed by atoms with van der Waals surface area (Å²) in [7, 11) is 0. The molecule has 1 fully saturated rings. The first-order chi connectivity index (χ1) is 7.30. The van der Waals surface area contributed by atoms with Crippen LogP contribution in [0.3, 0.4) is 0 Å². The summed E-state index contributed by atoms with van der Waals surface area (Å²) in [5.41, 5.74) is 5.66. The van der Waals surface area contributed by atoms with Crippen LogP contribution in [0.25, 0.3) is 0 Å². The molecule has 3 nitrogen and oxygen atoms in total. The molecule has 1 aliphatic rings. The number of hydrogen-bond acceptors (Lipinski definition) is 1. The van der Waals surface area contributed by atoms with Crippen LogP contribution in [0.5, 0.6) is 0 Å². The van der Waals surface area contributed by atoms with Crippen LogP contribution in [-0.4, -0.2) is 36.2 Å². The van der Waals surface area contributed by atoms with Crippen LogP contribution >= 0.6 is 0 Å². The number of rotatable bonds is 1. The molecule has 0 aromatic carbocycles. The number of likely N-dealkylation sites (tertiary alicyclic amines) is 1. The van der Waals surface area contributed by atoms with Gasteiger partial charge in [-0.3, -0.25) is 4.99 Å². The number of nitrogens with zero attached hydrogens (tertiary/aromatic N) is 2. The summed E-state index contributed by atoms with van der Waals surface area (Å²) >= 11 is 0. The van der Waals surface area contributed by atoms with Crippen LogP contribution in [0.2, 0.25) is 0 Å². The van der Waals surface area contributed by atoms with Crippen molar-refractivity contribution in [3.63, 3.8) is 0 Å². The summed E-state index contributed by atoms with van der Waals surface area (Å²) in [6.07, 6.45) is -3.43. The van der Waals surface area contributed by atoms with Crippen LogP contribution in [0, 0.1) is 5.92 Å². The molecule has 16 heavy (non-hydrogen) atoms. The van der Waals surface area contributed by atoms with E-state index in [0.29, 0.717) is 13.0 Å². The average molecular weight is 237 g/mol. The van der Waals surface area contributed by atoms with Crippen molar-refractivity contribution in [2.75, 3.05) is 13.1 Å². The highest BCUT2D eigenvalue weighted by Crippen LogP contribution is 2.32. The SMILES string of the molecule is CC(C)N=C(N)N1CCCC(C(F)(F)F)C1. The Kier molecular flexibility index (Phi) is 4.04. The smallest absolute Gasteiger partial charge is 0.370 e. The third-order valence-electron chi connectivity index (χ3n) is 2.60. The Balaban J connectivity index is 2.64. The molecule has 0 amide bonds. The van der Waals surface area contributed by atoms with E-state index in [1.54, 1.807) is 0 Å². The van der Waals surface area contributed by atoms with E-state index in [0.717, 1.165) is 0 Å². The van der Waals surface area contributed by atoms with E-state index < -0.39 is 12.1 Å². The Morgan fingerprint density at radius 3 is 2.56 bits per heavy atom. The van der Waals surface area contributed by atoms with E-state index in [1.807, 2.05) is 13.8 Å². The van der Waals surface area contributed by atoms with Gasteiger partial charge in [0.25, 0.3) is 0 Å². The van der Waals surface area contributed by atoms with Gasteiger partial charge in [0.2, 0.25) is 0 Å². The first-order valence-corrected chi connectivity index (χ1v) is 5.45. The van der Waals surface area contributed by atoms with Gasteiger partial charge in [-0.05, 0) is 26.7 Å². The zero-order chi connectivity index (χ0) is 12.3. The standard InChI is InChI=1S/C10H18F3N3/c1-7(2)15-9(14)16-5-3-4-8(6-16)10(11,12)13/h7-8H,3-6H2,1-2H3,(H2,14,15). The second-order valence-corrected chi connectivity index (χ2v) is 4.41. The summed E-state index contributed by atoms with van der Waals surface area (Å²) in [6, 6.07) is 0.00580. The molecule has 1 atom stereocenters. The normalized spacial score (nSPS) is 24.0. The van der Waals surface area contributed by atoms with Crippen molar-refractivity contribution >= 4 is 5.96 Å². The van der Waals surface area contributed by atoms with Crippen LogP contribution in [0.4, 0.5) is 13.2 Å². The minimum atomic E-state index is -4.13. The lowest BCUT2D eigenvalue weighted by molar-refractivity contribution is -0.183. The predicted octanol–water partition coefficient (Wildman–Crippen LogP) is 1.98. The third-order valence-corrected chi connectivity index (χ3v) is 2.60. The molecule has 6 heteroatoms. The van der Waals surface area contributed by atoms with Crippen molar-refractivity contribution in [1.29, 1.82) is 0 Å². The minimum Gasteiger partial charge on any atom is -0.370 e. The number of nitrogens with two attached hydrogens (primary N) is 1. The fraction of sp³-hybridized carbons (Fsp3) is 0.900. The van der Waals surface area contributed by atoms with E-state index in [4.69, 9.17) is 5.73 Å². The van der Waals surface area contributed by atoms with Gasteiger partial charge < -0.3 is 10.6 Å². The molecule has 0 radical (unpaired) electrons. The van der Waals surface area contributed by atoms with Crippen LogP contribution in [-0.2, 0) is 0 Å². The second kappa shape index (κ2) is 4.93. The predicted molar refractivity (Wildman–Crippen MR) is 57.1 cm³/mol. The zero-order valence-electron chi connectivity index (χ0n) is 9.59. The Morgan fingerprint density at radius 2 is 2.06 bits per heavy atom. The number of piperidine rings is 1. The van der Waals surface area contributed by atoms with Gasteiger partial charge >= 0.3 is 6.18 Å². The Labute approximate surface area is 93.5 Å². The molecule has 94 valence electrons. The number of guanidine groups is 1. The molecule has 1 saturated heterocycles. The average Bonchev–Trinajstić information content (AvgIpc) is 2.15. The van der Waals surface area contributed by atoms with Gasteiger partial charge in [0.1, 0.15) is 0 Å². The first-order valence-electron chi connectivity index (χ1n) is 5.45. The van der Waals surface area contributed by atoms with Gasteiger partial charge in [0, 0.05) is 19.1 Å². The fourth-order valence-corrected chi connectivity index (χ4v) is 1.80. The molecule has 0 aliphatic carbocycles. The van der Waals surface area contributed by atoms with E-state index in [2.05, 4.69) is 4.99 Å². The van der Waals surface area contributed by atoms with Crippen molar-refractivity contribution < 1.29 is 13.2 Å². The van der Waals surface area contributed by atoms with Gasteiger partial charge in [-0.2, -0.15) is 13.2 Å². The minimum absolute atomic E-state index is 0.00580. The van der Waals surface area contributed by atoms with Gasteiger partial charge in [0.15, 0.2) is 5.96 Å². The van der Waals surface area contributed by atoms with Crippen molar-refractivity contribution in [2.45, 2.75) is 38.9 Å². The molecule has 2 N–H and O–H groups in total. The third kappa shape index (κ3) is 3.57. The van der Waals surface area contributed by atoms with E-state index in [9.17, 15) is 13.2 Å². The van der Waals surface area contributed by atoms with Crippen molar-refractivity contribution in [3.05, 3.63) is 0 Å². The molecule has 0 bridgehead atoms. The van der Waals surface area contributed by atoms with E-state index >= 15 is 0 Å². The Morgan fingerprint density at radius 1 is 1.44 bits per heavy atom. The van der Waals surface area contributed by atoms with E-state index in [1.165, 1.54) is 4.90 Å². The molecule has 1 unspecified atom stereocenters. The number of hydrogen-bond donors (Lipinski definition) is 1. The lowest BCUT2D eigenvalue weighted by Gasteiger charge is -2.34. The van der Waals surface area contributed by atoms with Gasteiger partial charge in [-0.25, -0.2) is 0 Å². The monoisotopic (exact) mass is 237 g/mol. The quantitative estimate of drug-likeness (QED) is 0.559. The lowest BCUT2D eigenvalue weighted by Crippen LogP contribution is -2.47. The maximum absolute atomic E-state index is 12.5. The molecule has 0 saturated carbocycles. The van der Waals surface area contributed by atoms with Gasteiger partial charge in [-0.1, -0.05) is 0 Å². The highest BCUT2D eigenvalue weighted by atomic mass is 19.4. The van der Waals surface area contributed by atoms with Crippen molar-refractivity contribution in [1.82, 2.24) is 4.90 Å². The second-order valence-electron chi connectivity index (χ2n) is 4.41. The van der Waals surface area contributed by atoms with Gasteiger partial charge in [-0.15, -0.1) is 0 Å². The van der Waals surface area contributed by atoms with Crippen LogP contribution in [0.15, 0.2) is 4.99 Å². The zero-order valence-corrected chi connectivity index (χ0v) is 9.59. The molecular formula is C10H18F3N3. The maximum Gasteiger partial charge on any atom is 0.393 e. The number of aliphatic imine (C=N–C) groups is 1. The maximum atomic E-state index is 12.5. The Bertz CT molecular complexity index is 261. The number of halogens is 3. The Hall–Kier alpha value is -0.940. The number of alkyl halides is 3. The highest BCUT2D eigenvalue weighted by molar-refractivity contribution is 5.78. The van der Waals surface area contributed by atoms with Crippen molar-refractivity contribution in [3.8, 4) is 0 Å². The first kappa shape index (κ1) is 13.1. The molecule has 1 aliphatic heterocycles. The molecule has 0 spiro atoms. The lowest BCUT2D eigenvalue weighted by atomic mass is 9.98. The molecular weight excluding hydrogens is 219 g/mol. The molecule has 0 aromatic heterocycles. The van der Waals surface area contributed by atoms with Crippen LogP contribution in [0.1, 0.15) is 26.7 Å². The molecule has 0 aromatic rings. The van der Waals surface area contributed by atoms with Crippen molar-refractivity contribution in [2.24, 2.45) is 16.6 Å².